The molecule has 10 heteroatoms. The first-order chi connectivity index (χ1) is 21.4. The van der Waals surface area contributed by atoms with Gasteiger partial charge in [-0.1, -0.05) is 42.5 Å². The van der Waals surface area contributed by atoms with Gasteiger partial charge in [0.15, 0.2) is 0 Å². The Balaban J connectivity index is 1.30. The van der Waals surface area contributed by atoms with Crippen molar-refractivity contribution < 1.29 is 28.6 Å². The van der Waals surface area contributed by atoms with E-state index in [1.165, 1.54) is 0 Å². The summed E-state index contributed by atoms with van der Waals surface area (Å²) in [4.78, 5) is 42.8. The normalized spacial score (nSPS) is 24.2. The second-order valence-electron chi connectivity index (χ2n) is 12.0. The van der Waals surface area contributed by atoms with Crippen molar-refractivity contribution in [3.8, 4) is 11.5 Å². The number of methoxy groups -OCH3 is 2. The molecule has 0 aromatic heterocycles. The molecule has 44 heavy (non-hydrogen) atoms. The van der Waals surface area contributed by atoms with Gasteiger partial charge in [0, 0.05) is 44.8 Å². The van der Waals surface area contributed by atoms with Crippen molar-refractivity contribution in [3.05, 3.63) is 66.2 Å². The highest BCUT2D eigenvalue weighted by atomic mass is 16.5. The van der Waals surface area contributed by atoms with Crippen molar-refractivity contribution in [2.45, 2.75) is 50.6 Å². The minimum absolute atomic E-state index is 0.0696. The molecule has 3 aliphatic rings. The third kappa shape index (κ3) is 7.78. The lowest BCUT2D eigenvalue weighted by Crippen LogP contribution is -2.58. The van der Waals surface area contributed by atoms with Gasteiger partial charge in [-0.05, 0) is 55.7 Å². The molecule has 2 fully saturated rings. The summed E-state index contributed by atoms with van der Waals surface area (Å²) in [6, 6.07) is 14.3. The fourth-order valence-corrected chi connectivity index (χ4v) is 6.49. The number of fused-ring (bicyclic) bond motifs is 1. The topological polar surface area (TPSA) is 118 Å². The molecule has 3 aliphatic heterocycles. The Morgan fingerprint density at radius 2 is 1.84 bits per heavy atom. The van der Waals surface area contributed by atoms with Crippen LogP contribution in [0.15, 0.2) is 60.7 Å². The zero-order chi connectivity index (χ0) is 30.9. The minimum atomic E-state index is -0.683. The van der Waals surface area contributed by atoms with E-state index >= 15 is 0 Å². The van der Waals surface area contributed by atoms with Crippen LogP contribution in [-0.2, 0) is 25.5 Å². The largest absolute Gasteiger partial charge is 0.497 e. The van der Waals surface area contributed by atoms with Gasteiger partial charge >= 0.3 is 0 Å². The van der Waals surface area contributed by atoms with Crippen LogP contribution in [-0.4, -0.2) is 81.8 Å². The summed E-state index contributed by atoms with van der Waals surface area (Å²) in [5.41, 5.74) is 0.983. The lowest BCUT2D eigenvalue weighted by atomic mass is 9.75. The number of nitrogens with zero attached hydrogens (tertiary/aromatic N) is 1. The van der Waals surface area contributed by atoms with Crippen LogP contribution in [0.4, 0.5) is 5.69 Å². The van der Waals surface area contributed by atoms with Gasteiger partial charge in [0.05, 0.1) is 31.9 Å². The van der Waals surface area contributed by atoms with Crippen molar-refractivity contribution in [2.24, 2.45) is 11.3 Å². The first-order valence-corrected chi connectivity index (χ1v) is 15.5. The molecule has 3 atom stereocenters. The Hall–Kier alpha value is -3.89. The highest BCUT2D eigenvalue weighted by Gasteiger charge is 2.41. The molecule has 236 valence electrons. The van der Waals surface area contributed by atoms with E-state index in [1.807, 2.05) is 30.3 Å². The molecule has 0 bridgehead atoms. The van der Waals surface area contributed by atoms with E-state index in [4.69, 9.17) is 14.2 Å². The van der Waals surface area contributed by atoms with E-state index in [1.54, 1.807) is 32.4 Å². The van der Waals surface area contributed by atoms with E-state index in [-0.39, 0.29) is 36.2 Å². The third-order valence-electron chi connectivity index (χ3n) is 9.15. The maximum absolute atomic E-state index is 13.8. The zero-order valence-electron chi connectivity index (χ0n) is 25.7. The number of rotatable bonds is 7. The molecule has 5 rings (SSSR count). The van der Waals surface area contributed by atoms with E-state index in [0.29, 0.717) is 75.6 Å². The number of hydrogen-bond acceptors (Lipinski definition) is 7. The van der Waals surface area contributed by atoms with Crippen molar-refractivity contribution in [1.82, 2.24) is 15.5 Å². The van der Waals surface area contributed by atoms with Gasteiger partial charge in [0.2, 0.25) is 17.7 Å². The summed E-state index contributed by atoms with van der Waals surface area (Å²) >= 11 is 0. The number of amides is 3. The van der Waals surface area contributed by atoms with Crippen molar-refractivity contribution in [1.29, 1.82) is 0 Å². The molecule has 2 aromatic rings. The summed E-state index contributed by atoms with van der Waals surface area (Å²) in [6.45, 7) is 2.61. The molecule has 2 saturated heterocycles. The van der Waals surface area contributed by atoms with Crippen LogP contribution in [0.5, 0.6) is 11.5 Å². The number of hydrogen-bond donors (Lipinski definition) is 3. The van der Waals surface area contributed by atoms with Crippen LogP contribution < -0.4 is 25.4 Å². The Morgan fingerprint density at radius 1 is 1.05 bits per heavy atom. The number of nitrogens with one attached hydrogen (secondary N) is 3. The summed E-state index contributed by atoms with van der Waals surface area (Å²) in [7, 11) is 3.14. The molecule has 3 amide bonds. The summed E-state index contributed by atoms with van der Waals surface area (Å²) in [5, 5.41) is 9.40. The molecule has 10 nitrogen and oxygen atoms in total. The van der Waals surface area contributed by atoms with Crippen LogP contribution in [0.3, 0.4) is 0 Å². The van der Waals surface area contributed by atoms with Gasteiger partial charge in [0.1, 0.15) is 17.5 Å². The van der Waals surface area contributed by atoms with Crippen molar-refractivity contribution >= 4 is 23.4 Å². The minimum Gasteiger partial charge on any atom is -0.497 e. The lowest BCUT2D eigenvalue weighted by molar-refractivity contribution is -0.140. The predicted octanol–water partition coefficient (Wildman–Crippen LogP) is 3.32. The van der Waals surface area contributed by atoms with Crippen LogP contribution >= 0.6 is 0 Å². The lowest BCUT2D eigenvalue weighted by Gasteiger charge is -2.40. The average Bonchev–Trinajstić information content (AvgIpc) is 3.04. The summed E-state index contributed by atoms with van der Waals surface area (Å²) < 4.78 is 16.3. The van der Waals surface area contributed by atoms with E-state index in [9.17, 15) is 14.4 Å². The Morgan fingerprint density at radius 3 is 2.59 bits per heavy atom. The van der Waals surface area contributed by atoms with Gasteiger partial charge in [-0.3, -0.25) is 19.3 Å². The predicted molar refractivity (Wildman–Crippen MR) is 168 cm³/mol. The second kappa shape index (κ2) is 14.7. The van der Waals surface area contributed by atoms with Gasteiger partial charge in [0.25, 0.3) is 0 Å². The number of benzene rings is 2. The number of carbonyl (C=O) groups excluding carboxylic acids is 3. The number of anilines is 1. The number of likely N-dealkylation sites (tertiary alicyclic amines) is 1. The smallest absolute Gasteiger partial charge is 0.243 e. The maximum atomic E-state index is 13.8. The number of carbonyl (C=O) groups is 3. The molecule has 0 aliphatic carbocycles. The maximum Gasteiger partial charge on any atom is 0.243 e. The third-order valence-corrected chi connectivity index (χ3v) is 9.15. The van der Waals surface area contributed by atoms with Crippen LogP contribution in [0, 0.1) is 11.3 Å². The fraction of sp³-hybridized carbons (Fsp3) is 0.500. The SMILES string of the molecule is COc1ccc(NC(=O)CN2CC[C@H]3NC(=O)[C@@H](Cc4ccccc4)NC(=O)C4(CC=CC[C@H]3C2)CCOCC4)c(OC)c1. The zero-order valence-corrected chi connectivity index (χ0v) is 25.7. The molecule has 0 saturated carbocycles. The van der Waals surface area contributed by atoms with Crippen molar-refractivity contribution in [2.75, 3.05) is 52.4 Å². The van der Waals surface area contributed by atoms with Gasteiger partial charge in [-0.2, -0.15) is 0 Å². The molecule has 0 unspecified atom stereocenters. The van der Waals surface area contributed by atoms with Gasteiger partial charge in [-0.25, -0.2) is 0 Å². The molecular formula is C34H44N4O6. The van der Waals surface area contributed by atoms with Crippen LogP contribution in [0.2, 0.25) is 0 Å². The average molecular weight is 605 g/mol. The van der Waals surface area contributed by atoms with E-state index in [0.717, 1.165) is 12.0 Å². The highest BCUT2D eigenvalue weighted by molar-refractivity contribution is 5.94. The van der Waals surface area contributed by atoms with E-state index in [2.05, 4.69) is 33.0 Å². The molecule has 3 N–H and O–H groups in total. The number of allylic oxidation sites excluding steroid dienone is 2. The van der Waals surface area contributed by atoms with Crippen LogP contribution in [0.1, 0.15) is 37.7 Å². The van der Waals surface area contributed by atoms with Crippen molar-refractivity contribution in [3.63, 3.8) is 0 Å². The molecule has 2 aromatic carbocycles. The van der Waals surface area contributed by atoms with E-state index < -0.39 is 11.5 Å². The molecule has 1 spiro atoms. The Labute approximate surface area is 259 Å². The summed E-state index contributed by atoms with van der Waals surface area (Å²) in [5.74, 6) is 0.919. The first kappa shape index (κ1) is 31.5. The Bertz CT molecular complexity index is 1330. The number of ether oxygens (including phenoxy) is 3. The standard InChI is InChI=1S/C34H44N4O6/c1-42-26-11-12-28(30(21-26)43-2)35-31(39)23-38-17-13-27-25(22-38)10-6-7-14-34(15-18-44-19-16-34)33(41)37-29(32(40)36-27)20-24-8-4-3-5-9-24/h3-9,11-12,21,25,27,29H,10,13-20,22-23H2,1-2H3,(H,35,39)(H,36,40)(H,37,41)/t25-,27+,29+/m0/s1. The second-order valence-corrected chi connectivity index (χ2v) is 12.0. The quantitative estimate of drug-likeness (QED) is 0.415. The summed E-state index contributed by atoms with van der Waals surface area (Å²) in [6.07, 6.45) is 7.98. The Kier molecular flexibility index (Phi) is 10.6. The van der Waals surface area contributed by atoms with Gasteiger partial charge < -0.3 is 30.2 Å². The van der Waals surface area contributed by atoms with Crippen LogP contribution in [0.25, 0.3) is 0 Å². The fourth-order valence-electron chi connectivity index (χ4n) is 6.49. The molecular weight excluding hydrogens is 560 g/mol. The first-order valence-electron chi connectivity index (χ1n) is 15.5. The van der Waals surface area contributed by atoms with Gasteiger partial charge in [-0.15, -0.1) is 0 Å². The molecule has 0 radical (unpaired) electrons. The monoisotopic (exact) mass is 604 g/mol. The number of piperidine rings is 1. The molecule has 3 heterocycles. The highest BCUT2D eigenvalue weighted by Crippen LogP contribution is 2.36.